The Kier molecular flexibility index (Phi) is 5.44. The lowest BCUT2D eigenvalue weighted by Gasteiger charge is -2.18. The second kappa shape index (κ2) is 6.65. The molecule has 1 aromatic heterocycles. The maximum Gasteiger partial charge on any atom is 0.302 e. The van der Waals surface area contributed by atoms with E-state index in [4.69, 9.17) is 15.2 Å². The number of nitrogens with zero attached hydrogens (tertiary/aromatic N) is 1. The van der Waals surface area contributed by atoms with E-state index < -0.39 is 12.5 Å². The standard InChI is InChI=1S/C14H20F2N2O2/c1-5-19-12-6-11(10(4)17)7-18-13(12)20-8-14(15,16)9(2)3/h6-7,10H,2,5,8,17H2,1,3-4H3. The van der Waals surface area contributed by atoms with Gasteiger partial charge in [-0.2, -0.15) is 8.78 Å². The number of aromatic nitrogens is 1. The van der Waals surface area contributed by atoms with Crippen LogP contribution in [0.3, 0.4) is 0 Å². The highest BCUT2D eigenvalue weighted by atomic mass is 19.3. The third-order valence-corrected chi connectivity index (χ3v) is 2.68. The number of hydrogen-bond donors (Lipinski definition) is 1. The molecule has 1 heterocycles. The van der Waals surface area contributed by atoms with Crippen LogP contribution >= 0.6 is 0 Å². The average molecular weight is 286 g/mol. The molecule has 0 amide bonds. The van der Waals surface area contributed by atoms with Crippen LogP contribution in [0.25, 0.3) is 0 Å². The van der Waals surface area contributed by atoms with Gasteiger partial charge in [0.2, 0.25) is 0 Å². The van der Waals surface area contributed by atoms with Crippen LogP contribution in [0.1, 0.15) is 32.4 Å². The number of hydrogen-bond acceptors (Lipinski definition) is 4. The van der Waals surface area contributed by atoms with Crippen LogP contribution in [0.2, 0.25) is 0 Å². The van der Waals surface area contributed by atoms with Crippen LogP contribution in [0, 0.1) is 0 Å². The molecule has 0 aliphatic carbocycles. The first kappa shape index (κ1) is 16.4. The van der Waals surface area contributed by atoms with Crippen molar-refractivity contribution in [2.75, 3.05) is 13.2 Å². The molecule has 0 aromatic carbocycles. The van der Waals surface area contributed by atoms with E-state index in [0.29, 0.717) is 12.4 Å². The molecule has 0 aliphatic rings. The Morgan fingerprint density at radius 3 is 2.65 bits per heavy atom. The molecule has 1 atom stereocenters. The number of nitrogens with two attached hydrogens (primary N) is 1. The molecule has 0 aliphatic heterocycles. The van der Waals surface area contributed by atoms with Gasteiger partial charge in [0, 0.05) is 12.2 Å². The Labute approximate surface area is 117 Å². The van der Waals surface area contributed by atoms with E-state index in [9.17, 15) is 8.78 Å². The molecule has 1 rings (SSSR count). The van der Waals surface area contributed by atoms with Crippen LogP contribution in [-0.4, -0.2) is 24.1 Å². The Balaban J connectivity index is 2.91. The van der Waals surface area contributed by atoms with Crippen molar-refractivity contribution < 1.29 is 18.3 Å². The summed E-state index contributed by atoms with van der Waals surface area (Å²) in [6.07, 6.45) is 1.49. The third-order valence-electron chi connectivity index (χ3n) is 2.68. The normalized spacial score (nSPS) is 12.9. The second-order valence-corrected chi connectivity index (χ2v) is 4.57. The zero-order chi connectivity index (χ0) is 15.3. The molecule has 1 aromatic rings. The minimum Gasteiger partial charge on any atom is -0.488 e. The molecule has 2 N–H and O–H groups in total. The molecule has 20 heavy (non-hydrogen) atoms. The van der Waals surface area contributed by atoms with Gasteiger partial charge in [-0.25, -0.2) is 4.98 Å². The van der Waals surface area contributed by atoms with Crippen LogP contribution in [-0.2, 0) is 0 Å². The monoisotopic (exact) mass is 286 g/mol. The lowest BCUT2D eigenvalue weighted by molar-refractivity contribution is -0.00782. The molecule has 0 fully saturated rings. The molecule has 4 nitrogen and oxygen atoms in total. The fraction of sp³-hybridized carbons (Fsp3) is 0.500. The van der Waals surface area contributed by atoms with Gasteiger partial charge in [0.05, 0.1) is 6.61 Å². The Morgan fingerprint density at radius 1 is 1.50 bits per heavy atom. The van der Waals surface area contributed by atoms with Crippen molar-refractivity contribution in [3.63, 3.8) is 0 Å². The molecule has 112 valence electrons. The van der Waals surface area contributed by atoms with E-state index in [0.717, 1.165) is 5.56 Å². The number of ether oxygens (including phenoxy) is 2. The van der Waals surface area contributed by atoms with Crippen molar-refractivity contribution in [2.45, 2.75) is 32.7 Å². The molecule has 0 saturated carbocycles. The summed E-state index contributed by atoms with van der Waals surface area (Å²) in [6.45, 7) is 7.61. The van der Waals surface area contributed by atoms with Gasteiger partial charge in [0.1, 0.15) is 0 Å². The highest BCUT2D eigenvalue weighted by molar-refractivity contribution is 5.37. The van der Waals surface area contributed by atoms with Gasteiger partial charge in [0.15, 0.2) is 12.4 Å². The largest absolute Gasteiger partial charge is 0.488 e. The summed E-state index contributed by atoms with van der Waals surface area (Å²) >= 11 is 0. The van der Waals surface area contributed by atoms with E-state index in [2.05, 4.69) is 11.6 Å². The van der Waals surface area contributed by atoms with Crippen molar-refractivity contribution in [1.29, 1.82) is 0 Å². The van der Waals surface area contributed by atoms with Crippen molar-refractivity contribution in [3.05, 3.63) is 30.0 Å². The number of rotatable bonds is 7. The minimum absolute atomic E-state index is 0.0252. The lowest BCUT2D eigenvalue weighted by atomic mass is 10.1. The van der Waals surface area contributed by atoms with Crippen LogP contribution in [0.4, 0.5) is 8.78 Å². The summed E-state index contributed by atoms with van der Waals surface area (Å²) in [7, 11) is 0. The van der Waals surface area contributed by atoms with Gasteiger partial charge in [-0.05, 0) is 38.0 Å². The highest BCUT2D eigenvalue weighted by Gasteiger charge is 2.31. The van der Waals surface area contributed by atoms with Gasteiger partial charge >= 0.3 is 5.92 Å². The maximum absolute atomic E-state index is 13.4. The predicted octanol–water partition coefficient (Wildman–Crippen LogP) is 3.09. The fourth-order valence-corrected chi connectivity index (χ4v) is 1.35. The summed E-state index contributed by atoms with van der Waals surface area (Å²) in [5.74, 6) is -2.78. The molecular weight excluding hydrogens is 266 g/mol. The zero-order valence-corrected chi connectivity index (χ0v) is 12.0. The van der Waals surface area contributed by atoms with E-state index in [1.165, 1.54) is 13.1 Å². The van der Waals surface area contributed by atoms with Crippen molar-refractivity contribution in [3.8, 4) is 11.6 Å². The Bertz CT molecular complexity index is 476. The van der Waals surface area contributed by atoms with Crippen LogP contribution < -0.4 is 15.2 Å². The number of halogens is 2. The molecule has 0 saturated heterocycles. The number of pyridine rings is 1. The van der Waals surface area contributed by atoms with Gasteiger partial charge in [-0.15, -0.1) is 0 Å². The topological polar surface area (TPSA) is 57.4 Å². The zero-order valence-electron chi connectivity index (χ0n) is 12.0. The van der Waals surface area contributed by atoms with E-state index in [-0.39, 0.29) is 17.5 Å². The van der Waals surface area contributed by atoms with Gasteiger partial charge in [-0.1, -0.05) is 6.58 Å². The molecule has 1 unspecified atom stereocenters. The van der Waals surface area contributed by atoms with E-state index >= 15 is 0 Å². The average Bonchev–Trinajstić information content (AvgIpc) is 2.37. The van der Waals surface area contributed by atoms with Gasteiger partial charge < -0.3 is 15.2 Å². The summed E-state index contributed by atoms with van der Waals surface area (Å²) in [5, 5.41) is 0. The minimum atomic E-state index is -3.11. The molecule has 6 heteroatoms. The quantitative estimate of drug-likeness (QED) is 0.783. The summed E-state index contributed by atoms with van der Waals surface area (Å²) in [4.78, 5) is 3.99. The SMILES string of the molecule is C=C(C)C(F)(F)COc1ncc(C(C)N)cc1OCC. The van der Waals surface area contributed by atoms with Crippen molar-refractivity contribution >= 4 is 0 Å². The Hall–Kier alpha value is -1.69. The molecule has 0 bridgehead atoms. The van der Waals surface area contributed by atoms with Crippen molar-refractivity contribution in [1.82, 2.24) is 4.98 Å². The fourth-order valence-electron chi connectivity index (χ4n) is 1.35. The van der Waals surface area contributed by atoms with Crippen molar-refractivity contribution in [2.24, 2.45) is 5.73 Å². The molecule has 0 spiro atoms. The first-order valence-electron chi connectivity index (χ1n) is 6.32. The van der Waals surface area contributed by atoms with Gasteiger partial charge in [0.25, 0.3) is 5.88 Å². The molecule has 0 radical (unpaired) electrons. The summed E-state index contributed by atoms with van der Waals surface area (Å²) in [5.41, 5.74) is 6.23. The lowest BCUT2D eigenvalue weighted by Crippen LogP contribution is -2.27. The van der Waals surface area contributed by atoms with E-state index in [1.807, 2.05) is 0 Å². The van der Waals surface area contributed by atoms with Gasteiger partial charge in [-0.3, -0.25) is 0 Å². The summed E-state index contributed by atoms with van der Waals surface area (Å²) < 4.78 is 37.3. The van der Waals surface area contributed by atoms with Crippen LogP contribution in [0.5, 0.6) is 11.6 Å². The second-order valence-electron chi connectivity index (χ2n) is 4.57. The predicted molar refractivity (Wildman–Crippen MR) is 73.3 cm³/mol. The molecular formula is C14H20F2N2O2. The third kappa shape index (κ3) is 4.16. The summed E-state index contributed by atoms with van der Waals surface area (Å²) in [6, 6.07) is 1.42. The number of alkyl halides is 2. The highest BCUT2D eigenvalue weighted by Crippen LogP contribution is 2.30. The van der Waals surface area contributed by atoms with E-state index in [1.54, 1.807) is 19.9 Å². The smallest absolute Gasteiger partial charge is 0.302 e. The first-order valence-corrected chi connectivity index (χ1v) is 6.32. The Morgan fingerprint density at radius 2 is 2.15 bits per heavy atom. The maximum atomic E-state index is 13.4. The van der Waals surface area contributed by atoms with Crippen LogP contribution in [0.15, 0.2) is 24.4 Å². The first-order chi connectivity index (χ1) is 9.27.